The number of fused-ring (bicyclic) bond motifs is 1. The summed E-state index contributed by atoms with van der Waals surface area (Å²) < 4.78 is 19.7. The second kappa shape index (κ2) is 10.4. The maximum Gasteiger partial charge on any atom is 0.130 e. The second-order valence-electron chi connectivity index (χ2n) is 6.46. The van der Waals surface area contributed by atoms with Crippen LogP contribution < -0.4 is 4.74 Å². The van der Waals surface area contributed by atoms with Crippen LogP contribution >= 0.6 is 0 Å². The molecule has 0 unspecified atom stereocenters. The molecular formula is C24H35FO. The Kier molecular flexibility index (Phi) is 8.84. The van der Waals surface area contributed by atoms with E-state index >= 15 is 0 Å². The standard InChI is InChI=1S/C20H23FO.2C2H6/c1-12(2)17-10-18(20(22-4)11-19(17)21)16-9-8-14-6-5-7-15(14)13(16)3;2*1-2/h8-12H,5-7H2,1-4H3;2*1-2H3. The van der Waals surface area contributed by atoms with E-state index in [-0.39, 0.29) is 11.7 Å². The van der Waals surface area contributed by atoms with Crippen molar-refractivity contribution in [2.45, 2.75) is 73.6 Å². The minimum absolute atomic E-state index is 0.152. The Bertz CT molecular complexity index is 717. The molecule has 0 saturated carbocycles. The maximum absolute atomic E-state index is 14.2. The third-order valence-electron chi connectivity index (χ3n) is 4.80. The van der Waals surface area contributed by atoms with Crippen molar-refractivity contribution in [3.05, 3.63) is 52.3 Å². The summed E-state index contributed by atoms with van der Waals surface area (Å²) in [6, 6.07) is 7.88. The van der Waals surface area contributed by atoms with Gasteiger partial charge in [-0.1, -0.05) is 53.7 Å². The van der Waals surface area contributed by atoms with E-state index in [0.717, 1.165) is 17.5 Å². The van der Waals surface area contributed by atoms with Crippen molar-refractivity contribution in [1.82, 2.24) is 0 Å². The summed E-state index contributed by atoms with van der Waals surface area (Å²) in [6.07, 6.45) is 3.56. The lowest BCUT2D eigenvalue weighted by molar-refractivity contribution is 0.412. The molecule has 1 aliphatic rings. The van der Waals surface area contributed by atoms with Gasteiger partial charge < -0.3 is 4.74 Å². The van der Waals surface area contributed by atoms with Crippen LogP contribution in [0.25, 0.3) is 11.1 Å². The third kappa shape index (κ3) is 4.47. The van der Waals surface area contributed by atoms with Gasteiger partial charge in [0.1, 0.15) is 11.6 Å². The van der Waals surface area contributed by atoms with E-state index < -0.39 is 0 Å². The molecule has 26 heavy (non-hydrogen) atoms. The number of benzene rings is 2. The van der Waals surface area contributed by atoms with Crippen LogP contribution in [0.4, 0.5) is 4.39 Å². The molecule has 0 aromatic heterocycles. The van der Waals surface area contributed by atoms with Crippen molar-refractivity contribution < 1.29 is 9.13 Å². The summed E-state index contributed by atoms with van der Waals surface area (Å²) in [5.74, 6) is 0.580. The van der Waals surface area contributed by atoms with Crippen LogP contribution in [0.3, 0.4) is 0 Å². The SMILES string of the molecule is CC.CC.COc1cc(F)c(C(C)C)cc1-c1ccc2c(c1C)CCC2. The molecule has 0 radical (unpaired) electrons. The van der Waals surface area contributed by atoms with Gasteiger partial charge in [-0.2, -0.15) is 0 Å². The zero-order valence-electron chi connectivity index (χ0n) is 17.8. The molecule has 0 spiro atoms. The number of ether oxygens (including phenoxy) is 1. The van der Waals surface area contributed by atoms with Crippen molar-refractivity contribution in [2.24, 2.45) is 0 Å². The van der Waals surface area contributed by atoms with Crippen LogP contribution in [0.15, 0.2) is 24.3 Å². The fourth-order valence-corrected chi connectivity index (χ4v) is 3.54. The fourth-order valence-electron chi connectivity index (χ4n) is 3.54. The lowest BCUT2D eigenvalue weighted by Crippen LogP contribution is -1.99. The Balaban J connectivity index is 0.000000791. The highest BCUT2D eigenvalue weighted by Crippen LogP contribution is 2.39. The van der Waals surface area contributed by atoms with Crippen LogP contribution in [0.2, 0.25) is 0 Å². The van der Waals surface area contributed by atoms with Crippen LogP contribution in [0, 0.1) is 12.7 Å². The highest BCUT2D eigenvalue weighted by atomic mass is 19.1. The van der Waals surface area contributed by atoms with Crippen molar-refractivity contribution >= 4 is 0 Å². The van der Waals surface area contributed by atoms with E-state index in [4.69, 9.17) is 4.74 Å². The van der Waals surface area contributed by atoms with E-state index in [0.29, 0.717) is 5.75 Å². The van der Waals surface area contributed by atoms with Gasteiger partial charge in [0.05, 0.1) is 7.11 Å². The van der Waals surface area contributed by atoms with Crippen molar-refractivity contribution in [3.8, 4) is 16.9 Å². The van der Waals surface area contributed by atoms with Gasteiger partial charge in [-0.15, -0.1) is 0 Å². The van der Waals surface area contributed by atoms with Crippen LogP contribution in [-0.4, -0.2) is 7.11 Å². The zero-order valence-corrected chi connectivity index (χ0v) is 17.8. The Morgan fingerprint density at radius 2 is 1.62 bits per heavy atom. The molecule has 0 N–H and O–H groups in total. The Morgan fingerprint density at radius 3 is 2.19 bits per heavy atom. The average molecular weight is 359 g/mol. The predicted molar refractivity (Wildman–Crippen MR) is 112 cm³/mol. The lowest BCUT2D eigenvalue weighted by Gasteiger charge is -2.17. The number of halogens is 1. The smallest absolute Gasteiger partial charge is 0.130 e. The quantitative estimate of drug-likeness (QED) is 0.553. The molecule has 2 heteroatoms. The lowest BCUT2D eigenvalue weighted by atomic mass is 9.90. The summed E-state index contributed by atoms with van der Waals surface area (Å²) >= 11 is 0. The largest absolute Gasteiger partial charge is 0.496 e. The first-order chi connectivity index (χ1) is 12.5. The highest BCUT2D eigenvalue weighted by molar-refractivity contribution is 5.76. The molecule has 0 fully saturated rings. The van der Waals surface area contributed by atoms with Gasteiger partial charge in [-0.3, -0.25) is 0 Å². The number of aryl methyl sites for hydroxylation is 1. The minimum atomic E-state index is -0.186. The average Bonchev–Trinajstić information content (AvgIpc) is 3.15. The molecule has 1 nitrogen and oxygen atoms in total. The zero-order chi connectivity index (χ0) is 19.9. The van der Waals surface area contributed by atoms with Gasteiger partial charge in [0.2, 0.25) is 0 Å². The van der Waals surface area contributed by atoms with Gasteiger partial charge in [0, 0.05) is 11.6 Å². The van der Waals surface area contributed by atoms with E-state index in [1.165, 1.54) is 41.2 Å². The molecule has 1 aliphatic carbocycles. The minimum Gasteiger partial charge on any atom is -0.496 e. The van der Waals surface area contributed by atoms with Crippen LogP contribution in [0.5, 0.6) is 5.75 Å². The second-order valence-corrected chi connectivity index (χ2v) is 6.46. The number of hydrogen-bond donors (Lipinski definition) is 0. The molecule has 3 rings (SSSR count). The monoisotopic (exact) mass is 358 g/mol. The molecule has 0 amide bonds. The molecule has 0 heterocycles. The third-order valence-corrected chi connectivity index (χ3v) is 4.80. The van der Waals surface area contributed by atoms with Gasteiger partial charge in [0.25, 0.3) is 0 Å². The van der Waals surface area contributed by atoms with Crippen molar-refractivity contribution in [1.29, 1.82) is 0 Å². The fraction of sp³-hybridized carbons (Fsp3) is 0.500. The van der Waals surface area contributed by atoms with E-state index in [2.05, 4.69) is 19.1 Å². The molecule has 0 saturated heterocycles. The first-order valence-electron chi connectivity index (χ1n) is 10.0. The Labute approximate surface area is 159 Å². The van der Waals surface area contributed by atoms with Gasteiger partial charge in [-0.05, 0) is 66.0 Å². The van der Waals surface area contributed by atoms with E-state index in [1.54, 1.807) is 7.11 Å². The summed E-state index contributed by atoms with van der Waals surface area (Å²) in [5, 5.41) is 0. The molecular weight excluding hydrogens is 323 g/mol. The topological polar surface area (TPSA) is 9.23 Å². The summed E-state index contributed by atoms with van der Waals surface area (Å²) in [5.41, 5.74) is 7.16. The van der Waals surface area contributed by atoms with E-state index in [1.807, 2.05) is 47.6 Å². The first kappa shape index (κ1) is 22.2. The highest BCUT2D eigenvalue weighted by Gasteiger charge is 2.20. The summed E-state index contributed by atoms with van der Waals surface area (Å²) in [7, 11) is 1.61. The number of methoxy groups -OCH3 is 1. The molecule has 0 aliphatic heterocycles. The van der Waals surface area contributed by atoms with Crippen LogP contribution in [0.1, 0.15) is 76.1 Å². The van der Waals surface area contributed by atoms with Gasteiger partial charge in [0.15, 0.2) is 0 Å². The van der Waals surface area contributed by atoms with Crippen molar-refractivity contribution in [3.63, 3.8) is 0 Å². The van der Waals surface area contributed by atoms with E-state index in [9.17, 15) is 4.39 Å². The number of rotatable bonds is 3. The number of hydrogen-bond acceptors (Lipinski definition) is 1. The van der Waals surface area contributed by atoms with Gasteiger partial charge in [-0.25, -0.2) is 4.39 Å². The first-order valence-corrected chi connectivity index (χ1v) is 10.0. The molecule has 2 aromatic rings. The molecule has 2 aromatic carbocycles. The Morgan fingerprint density at radius 1 is 0.962 bits per heavy atom. The summed E-state index contributed by atoms with van der Waals surface area (Å²) in [4.78, 5) is 0. The van der Waals surface area contributed by atoms with Crippen LogP contribution in [-0.2, 0) is 12.8 Å². The predicted octanol–water partition coefficient (Wildman–Crippen LogP) is 7.47. The summed E-state index contributed by atoms with van der Waals surface area (Å²) in [6.45, 7) is 14.2. The van der Waals surface area contributed by atoms with Gasteiger partial charge >= 0.3 is 0 Å². The normalized spacial score (nSPS) is 11.9. The molecule has 0 atom stereocenters. The maximum atomic E-state index is 14.2. The Hall–Kier alpha value is -1.83. The molecule has 144 valence electrons. The van der Waals surface area contributed by atoms with Crippen molar-refractivity contribution in [2.75, 3.05) is 7.11 Å². The molecule has 0 bridgehead atoms.